The van der Waals surface area contributed by atoms with Crippen LogP contribution in [-0.4, -0.2) is 0 Å². The van der Waals surface area contributed by atoms with E-state index in [-0.39, 0.29) is 0 Å². The quantitative estimate of drug-likeness (QED) is 0.177. The number of anilines is 3. The summed E-state index contributed by atoms with van der Waals surface area (Å²) in [6.45, 7) is 0. The second kappa shape index (κ2) is 13.3. The summed E-state index contributed by atoms with van der Waals surface area (Å²) in [5.41, 5.74) is 20.7. The molecule has 0 N–H and O–H groups in total. The van der Waals surface area contributed by atoms with Crippen molar-refractivity contribution in [3.05, 3.63) is 247 Å². The number of fused-ring (bicyclic) bond motifs is 18. The number of rotatable bonds is 4. The first-order valence-electron chi connectivity index (χ1n) is 22.0. The van der Waals surface area contributed by atoms with Gasteiger partial charge >= 0.3 is 0 Å². The van der Waals surface area contributed by atoms with E-state index in [1.54, 1.807) is 0 Å². The molecular weight excluding hydrogens is 779 g/mol. The van der Waals surface area contributed by atoms with Gasteiger partial charge in [0, 0.05) is 44.7 Å². The van der Waals surface area contributed by atoms with E-state index >= 15 is 0 Å². The number of benzene rings is 10. The third kappa shape index (κ3) is 4.86. The lowest BCUT2D eigenvalue weighted by atomic mass is 9.66. The standard InChI is InChI=1S/C61H37NO2/c1-2-14-38(15-3-1)39-26-28-40(29-27-39)62(42-30-32-49-47-20-8-12-24-57(47)63-59(49)35-42)41-31-33-55-50(34-41)44-17-5-4-16-43(44)45-18-6-10-22-53(45)61(55)54-23-11-7-19-46(54)51-36-52-48-21-9-13-25-58(48)64-60(52)37-56(51)61/h1-37H. The Hall–Kier alpha value is -8.40. The van der Waals surface area contributed by atoms with E-state index < -0.39 is 5.41 Å². The third-order valence-electron chi connectivity index (χ3n) is 13.9. The van der Waals surface area contributed by atoms with Gasteiger partial charge in [0.05, 0.1) is 5.41 Å². The van der Waals surface area contributed by atoms with Crippen molar-refractivity contribution in [2.45, 2.75) is 5.41 Å². The summed E-state index contributed by atoms with van der Waals surface area (Å²) >= 11 is 0. The van der Waals surface area contributed by atoms with Gasteiger partial charge in [-0.15, -0.1) is 0 Å². The highest BCUT2D eigenvalue weighted by Gasteiger charge is 2.50. The van der Waals surface area contributed by atoms with Crippen molar-refractivity contribution in [3.8, 4) is 44.5 Å². The average Bonchev–Trinajstić information content (AvgIpc) is 3.99. The van der Waals surface area contributed by atoms with E-state index in [2.05, 4.69) is 217 Å². The highest BCUT2D eigenvalue weighted by molar-refractivity contribution is 6.10. The minimum absolute atomic E-state index is 0.655. The number of nitrogens with zero attached hydrogens (tertiary/aromatic N) is 1. The van der Waals surface area contributed by atoms with Gasteiger partial charge in [0.1, 0.15) is 22.3 Å². The van der Waals surface area contributed by atoms with E-state index in [0.717, 1.165) is 60.9 Å². The maximum Gasteiger partial charge on any atom is 0.137 e. The zero-order valence-electron chi connectivity index (χ0n) is 34.6. The summed E-state index contributed by atoms with van der Waals surface area (Å²) in [4.78, 5) is 2.38. The molecule has 64 heavy (non-hydrogen) atoms. The van der Waals surface area contributed by atoms with E-state index in [0.29, 0.717) is 0 Å². The molecule has 2 heterocycles. The maximum absolute atomic E-state index is 6.70. The topological polar surface area (TPSA) is 29.5 Å². The molecule has 0 radical (unpaired) electrons. The van der Waals surface area contributed by atoms with Gasteiger partial charge in [-0.05, 0) is 127 Å². The Balaban J connectivity index is 1.06. The predicted molar refractivity (Wildman–Crippen MR) is 263 cm³/mol. The lowest BCUT2D eigenvalue weighted by Gasteiger charge is -2.36. The molecule has 2 aliphatic rings. The van der Waals surface area contributed by atoms with Gasteiger partial charge in [0.25, 0.3) is 0 Å². The molecule has 3 heteroatoms. The van der Waals surface area contributed by atoms with Gasteiger partial charge in [-0.3, -0.25) is 0 Å². The van der Waals surface area contributed by atoms with Crippen LogP contribution in [0.1, 0.15) is 22.3 Å². The highest BCUT2D eigenvalue weighted by atomic mass is 16.3. The molecule has 0 fully saturated rings. The Labute approximate surface area is 369 Å². The number of hydrogen-bond donors (Lipinski definition) is 0. The van der Waals surface area contributed by atoms with Crippen molar-refractivity contribution in [3.63, 3.8) is 0 Å². The Bertz CT molecular complexity index is 3860. The van der Waals surface area contributed by atoms with Crippen LogP contribution in [0.2, 0.25) is 0 Å². The van der Waals surface area contributed by atoms with Crippen LogP contribution < -0.4 is 4.90 Å². The normalized spacial score (nSPS) is 14.6. The SMILES string of the molecule is c1ccc(-c2ccc(N(c3ccc4c(c3)-c3ccccc3-c3ccccc3C43c4ccccc4-c4cc5c(cc43)oc3ccccc35)c3ccc4c(c3)oc3ccccc34)cc2)cc1. The summed E-state index contributed by atoms with van der Waals surface area (Å²) in [5.74, 6) is 0. The van der Waals surface area contributed by atoms with Gasteiger partial charge in [-0.25, -0.2) is 0 Å². The molecule has 0 saturated heterocycles. The van der Waals surface area contributed by atoms with Crippen LogP contribution in [0.25, 0.3) is 88.4 Å². The summed E-state index contributed by atoms with van der Waals surface area (Å²) in [5, 5.41) is 4.49. The molecule has 2 aromatic heterocycles. The fourth-order valence-electron chi connectivity index (χ4n) is 11.2. The Morgan fingerprint density at radius 2 is 0.734 bits per heavy atom. The molecule has 1 atom stereocenters. The minimum Gasteiger partial charge on any atom is -0.456 e. The second-order valence-electron chi connectivity index (χ2n) is 17.1. The van der Waals surface area contributed by atoms with Gasteiger partial charge in [0.2, 0.25) is 0 Å². The fourth-order valence-corrected chi connectivity index (χ4v) is 11.2. The molecule has 10 aromatic carbocycles. The largest absolute Gasteiger partial charge is 0.456 e. The van der Waals surface area contributed by atoms with Gasteiger partial charge < -0.3 is 13.7 Å². The van der Waals surface area contributed by atoms with Crippen LogP contribution in [-0.2, 0) is 5.41 Å². The molecule has 12 aromatic rings. The summed E-state index contributed by atoms with van der Waals surface area (Å²) in [6, 6.07) is 81.8. The van der Waals surface area contributed by atoms with Crippen LogP contribution in [0.3, 0.4) is 0 Å². The van der Waals surface area contributed by atoms with Crippen LogP contribution in [0.4, 0.5) is 17.1 Å². The molecule has 0 saturated carbocycles. The Morgan fingerprint density at radius 1 is 0.266 bits per heavy atom. The minimum atomic E-state index is -0.655. The molecule has 14 rings (SSSR count). The molecule has 0 aliphatic heterocycles. The first-order valence-corrected chi connectivity index (χ1v) is 22.0. The molecule has 0 bridgehead atoms. The fraction of sp³-hybridized carbons (Fsp3) is 0.0164. The van der Waals surface area contributed by atoms with Crippen molar-refractivity contribution >= 4 is 60.9 Å². The lowest BCUT2D eigenvalue weighted by Crippen LogP contribution is -2.29. The third-order valence-corrected chi connectivity index (χ3v) is 13.9. The van der Waals surface area contributed by atoms with E-state index in [1.165, 1.54) is 66.8 Å². The first-order chi connectivity index (χ1) is 31.7. The van der Waals surface area contributed by atoms with Gasteiger partial charge in [-0.2, -0.15) is 0 Å². The predicted octanol–water partition coefficient (Wildman–Crippen LogP) is 16.6. The Morgan fingerprint density at radius 3 is 1.45 bits per heavy atom. The maximum atomic E-state index is 6.70. The van der Waals surface area contributed by atoms with Crippen molar-refractivity contribution < 1.29 is 8.83 Å². The van der Waals surface area contributed by atoms with Crippen molar-refractivity contribution in [2.24, 2.45) is 0 Å². The smallest absolute Gasteiger partial charge is 0.137 e. The summed E-state index contributed by atoms with van der Waals surface area (Å²) in [7, 11) is 0. The van der Waals surface area contributed by atoms with Crippen molar-refractivity contribution in [2.75, 3.05) is 4.90 Å². The van der Waals surface area contributed by atoms with Crippen LogP contribution in [0.5, 0.6) is 0 Å². The van der Waals surface area contributed by atoms with E-state index in [4.69, 9.17) is 8.83 Å². The zero-order valence-corrected chi connectivity index (χ0v) is 34.6. The van der Waals surface area contributed by atoms with Gasteiger partial charge in [0.15, 0.2) is 0 Å². The molecule has 2 aliphatic carbocycles. The van der Waals surface area contributed by atoms with Crippen molar-refractivity contribution in [1.29, 1.82) is 0 Å². The number of furan rings is 2. The number of para-hydroxylation sites is 2. The molecular formula is C61H37NO2. The van der Waals surface area contributed by atoms with Crippen LogP contribution >= 0.6 is 0 Å². The molecule has 0 amide bonds. The average molecular weight is 816 g/mol. The molecule has 3 nitrogen and oxygen atoms in total. The number of hydrogen-bond acceptors (Lipinski definition) is 3. The second-order valence-corrected chi connectivity index (χ2v) is 17.1. The van der Waals surface area contributed by atoms with E-state index in [9.17, 15) is 0 Å². The summed E-state index contributed by atoms with van der Waals surface area (Å²) in [6.07, 6.45) is 0. The molecule has 298 valence electrons. The van der Waals surface area contributed by atoms with E-state index in [1.807, 2.05) is 12.1 Å². The zero-order chi connectivity index (χ0) is 41.9. The van der Waals surface area contributed by atoms with Crippen molar-refractivity contribution in [1.82, 2.24) is 0 Å². The highest BCUT2D eigenvalue weighted by Crippen LogP contribution is 2.62. The van der Waals surface area contributed by atoms with Crippen LogP contribution in [0.15, 0.2) is 233 Å². The molecule has 1 spiro atoms. The first kappa shape index (κ1) is 35.2. The molecule has 1 unspecified atom stereocenters. The summed E-state index contributed by atoms with van der Waals surface area (Å²) < 4.78 is 13.2. The Kier molecular flexibility index (Phi) is 7.32. The van der Waals surface area contributed by atoms with Crippen LogP contribution in [0, 0.1) is 0 Å². The monoisotopic (exact) mass is 815 g/mol. The lowest BCUT2D eigenvalue weighted by molar-refractivity contribution is 0.666. The van der Waals surface area contributed by atoms with Gasteiger partial charge in [-0.1, -0.05) is 158 Å².